The van der Waals surface area contributed by atoms with Crippen LogP contribution in [0.5, 0.6) is 0 Å². The molecule has 100 valence electrons. The van der Waals surface area contributed by atoms with Crippen LogP contribution in [0.2, 0.25) is 10.0 Å². The number of halogens is 2. The average molecular weight is 304 g/mol. The smallest absolute Gasteiger partial charge is 0.116 e. The van der Waals surface area contributed by atoms with Crippen LogP contribution >= 0.6 is 23.2 Å². The molecule has 20 heavy (non-hydrogen) atoms. The molecular formula is C15H11Cl2N3. The third-order valence-electron chi connectivity index (χ3n) is 2.95. The van der Waals surface area contributed by atoms with Gasteiger partial charge in [-0.1, -0.05) is 53.5 Å². The van der Waals surface area contributed by atoms with E-state index in [0.717, 1.165) is 16.9 Å². The summed E-state index contributed by atoms with van der Waals surface area (Å²) in [4.78, 5) is 0. The van der Waals surface area contributed by atoms with Gasteiger partial charge in [0.2, 0.25) is 0 Å². The fraction of sp³-hybridized carbons (Fsp3) is 0. The number of nitrogens with zero attached hydrogens (tertiary/aromatic N) is 2. The molecule has 0 atom stereocenters. The molecule has 0 spiro atoms. The summed E-state index contributed by atoms with van der Waals surface area (Å²) in [6, 6.07) is 15.0. The largest absolute Gasteiger partial charge is 0.396 e. The molecule has 1 aromatic heterocycles. The molecule has 3 nitrogen and oxygen atoms in total. The molecule has 0 amide bonds. The highest BCUT2D eigenvalue weighted by Gasteiger charge is 2.11. The Morgan fingerprint density at radius 2 is 1.75 bits per heavy atom. The first-order chi connectivity index (χ1) is 9.65. The molecule has 0 fully saturated rings. The average Bonchev–Trinajstić information content (AvgIpc) is 2.81. The molecule has 1 heterocycles. The summed E-state index contributed by atoms with van der Waals surface area (Å²) < 4.78 is 1.66. The van der Waals surface area contributed by atoms with Crippen LogP contribution in [0.25, 0.3) is 16.9 Å². The molecule has 0 saturated carbocycles. The van der Waals surface area contributed by atoms with Crippen LogP contribution in [0, 0.1) is 0 Å². The Labute approximate surface area is 126 Å². The van der Waals surface area contributed by atoms with Crippen molar-refractivity contribution in [1.29, 1.82) is 0 Å². The van der Waals surface area contributed by atoms with Crippen molar-refractivity contribution in [3.05, 3.63) is 64.8 Å². The lowest BCUT2D eigenvalue weighted by Crippen LogP contribution is -1.95. The number of rotatable bonds is 2. The maximum atomic E-state index is 6.19. The van der Waals surface area contributed by atoms with Gasteiger partial charge in [-0.2, -0.15) is 5.10 Å². The minimum absolute atomic E-state index is 0.527. The zero-order chi connectivity index (χ0) is 14.1. The first kappa shape index (κ1) is 13.0. The van der Waals surface area contributed by atoms with E-state index in [0.29, 0.717) is 15.7 Å². The molecule has 0 bridgehead atoms. The van der Waals surface area contributed by atoms with Crippen molar-refractivity contribution in [2.24, 2.45) is 0 Å². The van der Waals surface area contributed by atoms with E-state index in [4.69, 9.17) is 28.9 Å². The molecule has 2 N–H and O–H groups in total. The van der Waals surface area contributed by atoms with Crippen molar-refractivity contribution >= 4 is 28.9 Å². The van der Waals surface area contributed by atoms with Gasteiger partial charge < -0.3 is 5.73 Å². The van der Waals surface area contributed by atoms with Gasteiger partial charge in [-0.3, -0.25) is 0 Å². The summed E-state index contributed by atoms with van der Waals surface area (Å²) in [6.07, 6.45) is 1.75. The lowest BCUT2D eigenvalue weighted by atomic mass is 10.1. The SMILES string of the molecule is Nc1cn(-c2ccc(Cl)cc2Cl)nc1-c1ccccc1. The van der Waals surface area contributed by atoms with Gasteiger partial charge in [-0.15, -0.1) is 0 Å². The summed E-state index contributed by atoms with van der Waals surface area (Å²) >= 11 is 12.1. The molecule has 0 aliphatic rings. The maximum Gasteiger partial charge on any atom is 0.116 e. The molecule has 0 unspecified atom stereocenters. The van der Waals surface area contributed by atoms with Crippen molar-refractivity contribution in [3.63, 3.8) is 0 Å². The number of benzene rings is 2. The predicted molar refractivity (Wildman–Crippen MR) is 83.4 cm³/mol. The van der Waals surface area contributed by atoms with Gasteiger partial charge in [0.15, 0.2) is 0 Å². The van der Waals surface area contributed by atoms with Crippen LogP contribution in [0.4, 0.5) is 5.69 Å². The van der Waals surface area contributed by atoms with E-state index >= 15 is 0 Å². The number of hydrogen-bond donors (Lipinski definition) is 1. The Kier molecular flexibility index (Phi) is 3.38. The third kappa shape index (κ3) is 2.38. The van der Waals surface area contributed by atoms with Crippen molar-refractivity contribution in [1.82, 2.24) is 9.78 Å². The summed E-state index contributed by atoms with van der Waals surface area (Å²) in [5.74, 6) is 0. The molecule has 0 aliphatic heterocycles. The lowest BCUT2D eigenvalue weighted by Gasteiger charge is -2.04. The predicted octanol–water partition coefficient (Wildman–Crippen LogP) is 4.43. The number of nitrogens with two attached hydrogens (primary N) is 1. The molecule has 0 aliphatic carbocycles. The number of aromatic nitrogens is 2. The van der Waals surface area contributed by atoms with E-state index in [-0.39, 0.29) is 0 Å². The second kappa shape index (κ2) is 5.19. The molecule has 0 saturated heterocycles. The van der Waals surface area contributed by atoms with E-state index in [1.165, 1.54) is 0 Å². The quantitative estimate of drug-likeness (QED) is 0.761. The van der Waals surface area contributed by atoms with Crippen molar-refractivity contribution in [3.8, 4) is 16.9 Å². The van der Waals surface area contributed by atoms with Crippen molar-refractivity contribution in [2.75, 3.05) is 5.73 Å². The van der Waals surface area contributed by atoms with E-state index in [2.05, 4.69) is 5.10 Å². The van der Waals surface area contributed by atoms with E-state index in [9.17, 15) is 0 Å². The molecule has 2 aromatic carbocycles. The third-order valence-corrected chi connectivity index (χ3v) is 3.48. The maximum absolute atomic E-state index is 6.19. The highest BCUT2D eigenvalue weighted by molar-refractivity contribution is 6.35. The Balaban J connectivity index is 2.09. The first-order valence-corrected chi connectivity index (χ1v) is 6.77. The van der Waals surface area contributed by atoms with Crippen LogP contribution in [0.15, 0.2) is 54.7 Å². The highest BCUT2D eigenvalue weighted by Crippen LogP contribution is 2.28. The number of anilines is 1. The van der Waals surface area contributed by atoms with Gasteiger partial charge in [-0.05, 0) is 18.2 Å². The van der Waals surface area contributed by atoms with E-state index < -0.39 is 0 Å². The summed E-state index contributed by atoms with van der Waals surface area (Å²) in [5.41, 5.74) is 9.08. The molecule has 3 rings (SSSR count). The molecule has 3 aromatic rings. The Morgan fingerprint density at radius 3 is 2.45 bits per heavy atom. The van der Waals surface area contributed by atoms with Crippen molar-refractivity contribution in [2.45, 2.75) is 0 Å². The van der Waals surface area contributed by atoms with Crippen LogP contribution in [0.3, 0.4) is 0 Å². The molecule has 5 heteroatoms. The highest BCUT2D eigenvalue weighted by atomic mass is 35.5. The van der Waals surface area contributed by atoms with Gasteiger partial charge in [0.1, 0.15) is 5.69 Å². The fourth-order valence-corrected chi connectivity index (χ4v) is 2.49. The van der Waals surface area contributed by atoms with Gasteiger partial charge >= 0.3 is 0 Å². The van der Waals surface area contributed by atoms with Gasteiger partial charge in [-0.25, -0.2) is 4.68 Å². The standard InChI is InChI=1S/C15H11Cl2N3/c16-11-6-7-14(12(17)8-11)20-9-13(18)15(19-20)10-4-2-1-3-5-10/h1-9H,18H2. The minimum Gasteiger partial charge on any atom is -0.396 e. The van der Waals surface area contributed by atoms with Crippen LogP contribution < -0.4 is 5.73 Å². The summed E-state index contributed by atoms with van der Waals surface area (Å²) in [5, 5.41) is 5.62. The van der Waals surface area contributed by atoms with Crippen LogP contribution in [0.1, 0.15) is 0 Å². The Hall–Kier alpha value is -1.97. The van der Waals surface area contributed by atoms with Crippen molar-refractivity contribution < 1.29 is 0 Å². The van der Waals surface area contributed by atoms with Crippen LogP contribution in [-0.4, -0.2) is 9.78 Å². The first-order valence-electron chi connectivity index (χ1n) is 6.01. The second-order valence-electron chi connectivity index (χ2n) is 4.34. The second-order valence-corrected chi connectivity index (χ2v) is 5.18. The van der Waals surface area contributed by atoms with Gasteiger partial charge in [0.05, 0.1) is 22.6 Å². The summed E-state index contributed by atoms with van der Waals surface area (Å²) in [6.45, 7) is 0. The summed E-state index contributed by atoms with van der Waals surface area (Å²) in [7, 11) is 0. The molecular weight excluding hydrogens is 293 g/mol. The zero-order valence-electron chi connectivity index (χ0n) is 10.4. The fourth-order valence-electron chi connectivity index (χ4n) is 2.00. The number of hydrogen-bond acceptors (Lipinski definition) is 2. The lowest BCUT2D eigenvalue weighted by molar-refractivity contribution is 0.885. The van der Waals surface area contributed by atoms with Gasteiger partial charge in [0, 0.05) is 10.6 Å². The topological polar surface area (TPSA) is 43.8 Å². The Morgan fingerprint density at radius 1 is 1.00 bits per heavy atom. The van der Waals surface area contributed by atoms with Gasteiger partial charge in [0.25, 0.3) is 0 Å². The zero-order valence-corrected chi connectivity index (χ0v) is 11.9. The van der Waals surface area contributed by atoms with Crippen LogP contribution in [-0.2, 0) is 0 Å². The molecule has 0 radical (unpaired) electrons. The Bertz CT molecular complexity index is 751. The minimum atomic E-state index is 0.527. The van der Waals surface area contributed by atoms with E-state index in [1.807, 2.05) is 36.4 Å². The normalized spacial score (nSPS) is 10.7. The monoisotopic (exact) mass is 303 g/mol. The number of nitrogen functional groups attached to an aromatic ring is 1. The van der Waals surface area contributed by atoms with E-state index in [1.54, 1.807) is 23.0 Å².